The molecule has 0 aliphatic rings. The first kappa shape index (κ1) is 15.7. The molecule has 2 N–H and O–H groups in total. The van der Waals surface area contributed by atoms with Crippen molar-refractivity contribution in [2.75, 3.05) is 6.54 Å². The van der Waals surface area contributed by atoms with E-state index in [9.17, 15) is 5.11 Å². The highest BCUT2D eigenvalue weighted by Gasteiger charge is 2.21. The fourth-order valence-corrected chi connectivity index (χ4v) is 2.06. The molecule has 2 unspecified atom stereocenters. The molecule has 0 aliphatic heterocycles. The third kappa shape index (κ3) is 7.89. The van der Waals surface area contributed by atoms with Crippen molar-refractivity contribution in [2.24, 2.45) is 5.41 Å². The molecule has 0 saturated carbocycles. The summed E-state index contributed by atoms with van der Waals surface area (Å²) in [4.78, 5) is 0. The Bertz CT molecular complexity index is 187. The van der Waals surface area contributed by atoms with E-state index in [1.54, 1.807) is 0 Å². The fraction of sp³-hybridized carbons (Fsp3) is 0.857. The monoisotopic (exact) mass is 227 g/mol. The summed E-state index contributed by atoms with van der Waals surface area (Å²) in [5.41, 5.74) is 0.162. The second kappa shape index (κ2) is 7.86. The third-order valence-corrected chi connectivity index (χ3v) is 2.93. The third-order valence-electron chi connectivity index (χ3n) is 2.93. The average Bonchev–Trinajstić information content (AvgIpc) is 2.16. The minimum absolute atomic E-state index is 0.162. The summed E-state index contributed by atoms with van der Waals surface area (Å²) in [5, 5.41) is 13.0. The molecular weight excluding hydrogens is 198 g/mol. The topological polar surface area (TPSA) is 32.3 Å². The number of hydrogen-bond donors (Lipinski definition) is 2. The average molecular weight is 227 g/mol. The van der Waals surface area contributed by atoms with Crippen LogP contribution in [0.1, 0.15) is 53.4 Å². The van der Waals surface area contributed by atoms with Crippen LogP contribution in [0.15, 0.2) is 12.7 Å². The maximum atomic E-state index is 9.41. The van der Waals surface area contributed by atoms with E-state index in [2.05, 4.69) is 32.7 Å². The van der Waals surface area contributed by atoms with Gasteiger partial charge in [0, 0.05) is 12.6 Å². The molecule has 2 nitrogen and oxygen atoms in total. The van der Waals surface area contributed by atoms with E-state index in [1.165, 1.54) is 0 Å². The summed E-state index contributed by atoms with van der Waals surface area (Å²) in [6, 6.07) is 0.575. The van der Waals surface area contributed by atoms with E-state index in [0.717, 1.165) is 32.2 Å². The molecule has 0 aromatic carbocycles. The van der Waals surface area contributed by atoms with E-state index in [4.69, 9.17) is 0 Å². The van der Waals surface area contributed by atoms with Crippen LogP contribution >= 0.6 is 0 Å². The molecule has 0 bridgehead atoms. The SMILES string of the molecule is C=CCCC(CC)NCC(C)(C)CC(C)O. The highest BCUT2D eigenvalue weighted by Crippen LogP contribution is 2.21. The summed E-state index contributed by atoms with van der Waals surface area (Å²) in [6.07, 6.45) is 5.99. The molecular formula is C14H29NO. The first-order chi connectivity index (χ1) is 7.41. The molecule has 2 heteroatoms. The smallest absolute Gasteiger partial charge is 0.0517 e. The van der Waals surface area contributed by atoms with E-state index in [1.807, 2.05) is 13.0 Å². The van der Waals surface area contributed by atoms with Crippen LogP contribution in [0, 0.1) is 5.41 Å². The number of rotatable bonds is 9. The first-order valence-electron chi connectivity index (χ1n) is 6.43. The highest BCUT2D eigenvalue weighted by molar-refractivity contribution is 4.78. The number of aliphatic hydroxyl groups is 1. The maximum Gasteiger partial charge on any atom is 0.0517 e. The Kier molecular flexibility index (Phi) is 7.69. The van der Waals surface area contributed by atoms with Crippen LogP contribution in [-0.2, 0) is 0 Å². The van der Waals surface area contributed by atoms with Gasteiger partial charge in [-0.2, -0.15) is 0 Å². The lowest BCUT2D eigenvalue weighted by Gasteiger charge is -2.29. The number of allylic oxidation sites excluding steroid dienone is 1. The van der Waals surface area contributed by atoms with Crippen molar-refractivity contribution in [2.45, 2.75) is 65.5 Å². The Morgan fingerprint density at radius 2 is 2.06 bits per heavy atom. The summed E-state index contributed by atoms with van der Waals surface area (Å²) in [6.45, 7) is 13.2. The summed E-state index contributed by atoms with van der Waals surface area (Å²) >= 11 is 0. The van der Waals surface area contributed by atoms with Crippen molar-refractivity contribution in [3.8, 4) is 0 Å². The molecule has 0 rings (SSSR count). The first-order valence-corrected chi connectivity index (χ1v) is 6.43. The van der Waals surface area contributed by atoms with Gasteiger partial charge in [-0.25, -0.2) is 0 Å². The zero-order valence-electron chi connectivity index (χ0n) is 11.4. The summed E-state index contributed by atoms with van der Waals surface area (Å²) in [5.74, 6) is 0. The van der Waals surface area contributed by atoms with E-state index in [-0.39, 0.29) is 11.5 Å². The Labute approximate surface area is 101 Å². The van der Waals surface area contributed by atoms with Crippen LogP contribution in [0.3, 0.4) is 0 Å². The molecule has 0 heterocycles. The van der Waals surface area contributed by atoms with Gasteiger partial charge in [0.15, 0.2) is 0 Å². The molecule has 0 amide bonds. The van der Waals surface area contributed by atoms with Crippen molar-refractivity contribution in [3.63, 3.8) is 0 Å². The molecule has 0 aromatic heterocycles. The lowest BCUT2D eigenvalue weighted by Crippen LogP contribution is -2.38. The lowest BCUT2D eigenvalue weighted by molar-refractivity contribution is 0.126. The minimum atomic E-state index is -0.218. The van der Waals surface area contributed by atoms with Crippen LogP contribution in [0.25, 0.3) is 0 Å². The minimum Gasteiger partial charge on any atom is -0.393 e. The molecule has 0 fully saturated rings. The van der Waals surface area contributed by atoms with Crippen molar-refractivity contribution in [1.82, 2.24) is 5.32 Å². The zero-order valence-corrected chi connectivity index (χ0v) is 11.4. The molecule has 16 heavy (non-hydrogen) atoms. The predicted molar refractivity (Wildman–Crippen MR) is 71.6 cm³/mol. The maximum absolute atomic E-state index is 9.41. The van der Waals surface area contributed by atoms with E-state index in [0.29, 0.717) is 6.04 Å². The van der Waals surface area contributed by atoms with E-state index >= 15 is 0 Å². The quantitative estimate of drug-likeness (QED) is 0.593. The lowest BCUT2D eigenvalue weighted by atomic mass is 9.86. The Morgan fingerprint density at radius 3 is 2.50 bits per heavy atom. The molecule has 0 saturated heterocycles. The zero-order chi connectivity index (χ0) is 12.6. The van der Waals surface area contributed by atoms with Gasteiger partial charge in [0.1, 0.15) is 0 Å². The number of aliphatic hydroxyl groups excluding tert-OH is 1. The molecule has 96 valence electrons. The van der Waals surface area contributed by atoms with Crippen LogP contribution in [0.2, 0.25) is 0 Å². The van der Waals surface area contributed by atoms with Gasteiger partial charge < -0.3 is 10.4 Å². The van der Waals surface area contributed by atoms with Crippen molar-refractivity contribution < 1.29 is 5.11 Å². The second-order valence-corrected chi connectivity index (χ2v) is 5.57. The van der Waals surface area contributed by atoms with Crippen LogP contribution < -0.4 is 5.32 Å². The molecule has 0 spiro atoms. The second-order valence-electron chi connectivity index (χ2n) is 5.57. The molecule has 0 aromatic rings. The van der Waals surface area contributed by atoms with Gasteiger partial charge in [0.25, 0.3) is 0 Å². The molecule has 0 radical (unpaired) electrons. The highest BCUT2D eigenvalue weighted by atomic mass is 16.3. The van der Waals surface area contributed by atoms with Crippen LogP contribution in [0.5, 0.6) is 0 Å². The fourth-order valence-electron chi connectivity index (χ4n) is 2.06. The normalized spacial score (nSPS) is 15.8. The standard InChI is InChI=1S/C14H29NO/c1-6-8-9-13(7-2)15-11-14(4,5)10-12(3)16/h6,12-13,15-16H,1,7-11H2,2-5H3. The van der Waals surface area contributed by atoms with Crippen LogP contribution in [0.4, 0.5) is 0 Å². The number of hydrogen-bond acceptors (Lipinski definition) is 2. The van der Waals surface area contributed by atoms with Gasteiger partial charge in [-0.05, 0) is 38.0 Å². The van der Waals surface area contributed by atoms with Gasteiger partial charge in [0.2, 0.25) is 0 Å². The Morgan fingerprint density at radius 1 is 1.44 bits per heavy atom. The van der Waals surface area contributed by atoms with Crippen molar-refractivity contribution in [1.29, 1.82) is 0 Å². The predicted octanol–water partition coefficient (Wildman–Crippen LogP) is 3.12. The van der Waals surface area contributed by atoms with Crippen molar-refractivity contribution >= 4 is 0 Å². The van der Waals surface area contributed by atoms with Crippen molar-refractivity contribution in [3.05, 3.63) is 12.7 Å². The van der Waals surface area contributed by atoms with Gasteiger partial charge in [0.05, 0.1) is 6.10 Å². The Balaban J connectivity index is 3.93. The largest absolute Gasteiger partial charge is 0.393 e. The number of nitrogens with one attached hydrogen (secondary N) is 1. The molecule has 0 aliphatic carbocycles. The Hall–Kier alpha value is -0.340. The molecule has 2 atom stereocenters. The van der Waals surface area contributed by atoms with Gasteiger partial charge in [-0.15, -0.1) is 6.58 Å². The van der Waals surface area contributed by atoms with Gasteiger partial charge in [-0.1, -0.05) is 26.8 Å². The summed E-state index contributed by atoms with van der Waals surface area (Å²) < 4.78 is 0. The van der Waals surface area contributed by atoms with E-state index < -0.39 is 0 Å². The summed E-state index contributed by atoms with van der Waals surface area (Å²) in [7, 11) is 0. The van der Waals surface area contributed by atoms with Gasteiger partial charge in [-0.3, -0.25) is 0 Å². The van der Waals surface area contributed by atoms with Gasteiger partial charge >= 0.3 is 0 Å². The van der Waals surface area contributed by atoms with Crippen LogP contribution in [-0.4, -0.2) is 23.8 Å².